The van der Waals surface area contributed by atoms with Gasteiger partial charge in [0.25, 0.3) is 0 Å². The van der Waals surface area contributed by atoms with Crippen LogP contribution in [-0.4, -0.2) is 62.2 Å². The Morgan fingerprint density at radius 1 is 1.06 bits per heavy atom. The standard InChI is InChI=1S/C24H28N6O2/c1-16-23(17(2)32-27-16)18-5-6-22-20(14-18)26-24(19-15-25-30-7-3-4-21(19)30)29(22)9-8-28-10-12-31-13-11-28/h5-6,14-15H,3-4,7-13H2,1-2H3. The summed E-state index contributed by atoms with van der Waals surface area (Å²) in [5.74, 6) is 1.86. The maximum absolute atomic E-state index is 5.52. The average molecular weight is 433 g/mol. The molecule has 3 aromatic heterocycles. The highest BCUT2D eigenvalue weighted by atomic mass is 16.5. The number of benzene rings is 1. The number of hydrogen-bond acceptors (Lipinski definition) is 6. The molecule has 1 fully saturated rings. The number of rotatable bonds is 5. The highest BCUT2D eigenvalue weighted by molar-refractivity contribution is 5.86. The Kier molecular flexibility index (Phi) is 4.84. The van der Waals surface area contributed by atoms with Crippen LogP contribution in [0.25, 0.3) is 33.5 Å². The summed E-state index contributed by atoms with van der Waals surface area (Å²) in [6, 6.07) is 6.52. The monoisotopic (exact) mass is 432 g/mol. The molecule has 1 aromatic carbocycles. The number of ether oxygens (including phenoxy) is 1. The zero-order valence-electron chi connectivity index (χ0n) is 18.7. The van der Waals surface area contributed by atoms with E-state index in [1.54, 1.807) is 0 Å². The van der Waals surface area contributed by atoms with Gasteiger partial charge in [-0.3, -0.25) is 9.58 Å². The molecule has 1 saturated heterocycles. The van der Waals surface area contributed by atoms with Gasteiger partial charge < -0.3 is 13.8 Å². The van der Waals surface area contributed by atoms with Crippen LogP contribution >= 0.6 is 0 Å². The highest BCUT2D eigenvalue weighted by Gasteiger charge is 2.23. The molecule has 4 aromatic rings. The van der Waals surface area contributed by atoms with Crippen LogP contribution in [0.2, 0.25) is 0 Å². The van der Waals surface area contributed by atoms with Crippen LogP contribution in [0.4, 0.5) is 0 Å². The van der Waals surface area contributed by atoms with E-state index in [-0.39, 0.29) is 0 Å². The number of hydrogen-bond donors (Lipinski definition) is 0. The molecule has 0 N–H and O–H groups in total. The Bertz CT molecular complexity index is 1260. The number of aryl methyl sites for hydroxylation is 3. The number of aromatic nitrogens is 5. The van der Waals surface area contributed by atoms with Crippen LogP contribution < -0.4 is 0 Å². The van der Waals surface area contributed by atoms with Crippen molar-refractivity contribution in [3.05, 3.63) is 41.5 Å². The third kappa shape index (κ3) is 3.25. The van der Waals surface area contributed by atoms with E-state index in [1.165, 1.54) is 11.3 Å². The molecule has 0 unspecified atom stereocenters. The van der Waals surface area contributed by atoms with Gasteiger partial charge in [-0.1, -0.05) is 11.2 Å². The molecule has 0 radical (unpaired) electrons. The van der Waals surface area contributed by atoms with Crippen LogP contribution in [0.15, 0.2) is 28.9 Å². The Morgan fingerprint density at radius 2 is 1.94 bits per heavy atom. The van der Waals surface area contributed by atoms with E-state index in [0.717, 1.165) is 98.2 Å². The van der Waals surface area contributed by atoms with Gasteiger partial charge in [-0.25, -0.2) is 4.98 Å². The molecule has 0 bridgehead atoms. The van der Waals surface area contributed by atoms with Crippen molar-refractivity contribution in [3.8, 4) is 22.5 Å². The maximum atomic E-state index is 5.52. The first-order valence-corrected chi connectivity index (χ1v) is 11.5. The van der Waals surface area contributed by atoms with Gasteiger partial charge in [0, 0.05) is 44.0 Å². The minimum atomic E-state index is 0.815. The summed E-state index contributed by atoms with van der Waals surface area (Å²) in [6.45, 7) is 10.4. The number of morpholine rings is 1. The second-order valence-electron chi connectivity index (χ2n) is 8.78. The molecule has 2 aliphatic rings. The van der Waals surface area contributed by atoms with E-state index in [2.05, 4.69) is 42.6 Å². The lowest BCUT2D eigenvalue weighted by molar-refractivity contribution is 0.0366. The maximum Gasteiger partial charge on any atom is 0.144 e. The summed E-state index contributed by atoms with van der Waals surface area (Å²) >= 11 is 0. The van der Waals surface area contributed by atoms with E-state index in [0.29, 0.717) is 0 Å². The Labute approximate surface area is 186 Å². The first-order valence-electron chi connectivity index (χ1n) is 11.5. The summed E-state index contributed by atoms with van der Waals surface area (Å²) in [5, 5.41) is 8.76. The molecule has 0 aliphatic carbocycles. The summed E-state index contributed by atoms with van der Waals surface area (Å²) < 4.78 is 15.4. The van der Waals surface area contributed by atoms with Crippen LogP contribution in [0.3, 0.4) is 0 Å². The van der Waals surface area contributed by atoms with Crippen molar-refractivity contribution < 1.29 is 9.26 Å². The highest BCUT2D eigenvalue weighted by Crippen LogP contribution is 2.34. The van der Waals surface area contributed by atoms with E-state index < -0.39 is 0 Å². The summed E-state index contributed by atoms with van der Waals surface area (Å²) in [6.07, 6.45) is 4.21. The van der Waals surface area contributed by atoms with E-state index in [4.69, 9.17) is 14.2 Å². The van der Waals surface area contributed by atoms with Gasteiger partial charge in [0.15, 0.2) is 0 Å². The molecular weight excluding hydrogens is 404 g/mol. The van der Waals surface area contributed by atoms with Crippen molar-refractivity contribution >= 4 is 11.0 Å². The fraction of sp³-hybridized carbons (Fsp3) is 0.458. The molecule has 0 spiro atoms. The van der Waals surface area contributed by atoms with Gasteiger partial charge in [0.1, 0.15) is 11.6 Å². The molecule has 5 heterocycles. The van der Waals surface area contributed by atoms with Crippen molar-refractivity contribution in [1.29, 1.82) is 0 Å². The van der Waals surface area contributed by atoms with Crippen molar-refractivity contribution in [2.24, 2.45) is 0 Å². The molecule has 6 rings (SSSR count). The first-order chi connectivity index (χ1) is 15.7. The molecular formula is C24H28N6O2. The lowest BCUT2D eigenvalue weighted by atomic mass is 10.0. The first kappa shape index (κ1) is 19.7. The van der Waals surface area contributed by atoms with Crippen molar-refractivity contribution in [2.45, 2.75) is 39.8 Å². The van der Waals surface area contributed by atoms with Crippen LogP contribution in [0, 0.1) is 13.8 Å². The average Bonchev–Trinajstić information content (AvgIpc) is 3.56. The second kappa shape index (κ2) is 7.86. The van der Waals surface area contributed by atoms with Gasteiger partial charge in [-0.05, 0) is 44.4 Å². The smallest absolute Gasteiger partial charge is 0.144 e. The minimum Gasteiger partial charge on any atom is -0.379 e. The molecule has 0 saturated carbocycles. The van der Waals surface area contributed by atoms with Crippen LogP contribution in [0.1, 0.15) is 23.6 Å². The fourth-order valence-corrected chi connectivity index (χ4v) is 5.13. The molecule has 8 heteroatoms. The largest absolute Gasteiger partial charge is 0.379 e. The summed E-state index contributed by atoms with van der Waals surface area (Å²) in [5.41, 5.74) is 7.68. The fourth-order valence-electron chi connectivity index (χ4n) is 5.13. The molecule has 8 nitrogen and oxygen atoms in total. The normalized spacial score (nSPS) is 16.8. The van der Waals surface area contributed by atoms with Crippen molar-refractivity contribution in [1.82, 2.24) is 29.4 Å². The quantitative estimate of drug-likeness (QED) is 0.481. The van der Waals surface area contributed by atoms with Crippen LogP contribution in [0.5, 0.6) is 0 Å². The molecule has 166 valence electrons. The van der Waals surface area contributed by atoms with Crippen molar-refractivity contribution in [2.75, 3.05) is 32.8 Å². The van der Waals surface area contributed by atoms with Gasteiger partial charge in [-0.15, -0.1) is 0 Å². The summed E-state index contributed by atoms with van der Waals surface area (Å²) in [7, 11) is 0. The van der Waals surface area contributed by atoms with Gasteiger partial charge in [0.05, 0.1) is 41.7 Å². The minimum absolute atomic E-state index is 0.815. The third-order valence-corrected chi connectivity index (χ3v) is 6.79. The van der Waals surface area contributed by atoms with Crippen molar-refractivity contribution in [3.63, 3.8) is 0 Å². The zero-order chi connectivity index (χ0) is 21.7. The van der Waals surface area contributed by atoms with Gasteiger partial charge in [-0.2, -0.15) is 5.10 Å². The number of nitrogens with zero attached hydrogens (tertiary/aromatic N) is 6. The van der Waals surface area contributed by atoms with E-state index in [1.807, 2.05) is 20.0 Å². The van der Waals surface area contributed by atoms with Crippen LogP contribution in [-0.2, 0) is 24.2 Å². The second-order valence-corrected chi connectivity index (χ2v) is 8.78. The number of fused-ring (bicyclic) bond motifs is 2. The van der Waals surface area contributed by atoms with E-state index in [9.17, 15) is 0 Å². The lowest BCUT2D eigenvalue weighted by Gasteiger charge is -2.27. The predicted octanol–water partition coefficient (Wildman–Crippen LogP) is 3.45. The molecule has 0 amide bonds. The summed E-state index contributed by atoms with van der Waals surface area (Å²) in [4.78, 5) is 7.61. The molecule has 0 atom stereocenters. The van der Waals surface area contributed by atoms with Gasteiger partial charge >= 0.3 is 0 Å². The SMILES string of the molecule is Cc1noc(C)c1-c1ccc2c(c1)nc(-c1cnn3c1CCC3)n2CCN1CCOCC1. The topological polar surface area (TPSA) is 74.1 Å². The predicted molar refractivity (Wildman–Crippen MR) is 122 cm³/mol. The van der Waals surface area contributed by atoms with Gasteiger partial charge in [0.2, 0.25) is 0 Å². The Morgan fingerprint density at radius 3 is 2.75 bits per heavy atom. The Balaban J connectivity index is 1.44. The molecule has 32 heavy (non-hydrogen) atoms. The van der Waals surface area contributed by atoms with E-state index >= 15 is 0 Å². The third-order valence-electron chi connectivity index (χ3n) is 6.79. The molecule has 2 aliphatic heterocycles. The zero-order valence-corrected chi connectivity index (χ0v) is 18.7. The number of imidazole rings is 1. The lowest BCUT2D eigenvalue weighted by Crippen LogP contribution is -2.38. The Hall–Kier alpha value is -2.97.